The van der Waals surface area contributed by atoms with Gasteiger partial charge in [0.1, 0.15) is 5.75 Å². The highest BCUT2D eigenvalue weighted by Gasteiger charge is 2.33. The molecule has 0 atom stereocenters. The lowest BCUT2D eigenvalue weighted by molar-refractivity contribution is -0.139. The SMILES string of the molecule is Cc1cc(OCC(=O)O)ccc1SC/C=C(/c1ccccc1)c1ccccc1C(F)(F)F. The first kappa shape index (κ1) is 23.5. The molecule has 0 spiro atoms. The highest BCUT2D eigenvalue weighted by atomic mass is 32.2. The minimum Gasteiger partial charge on any atom is -0.482 e. The van der Waals surface area contributed by atoms with Crippen LogP contribution in [0.15, 0.2) is 83.8 Å². The Morgan fingerprint density at radius 3 is 2.38 bits per heavy atom. The maximum absolute atomic E-state index is 13.6. The Morgan fingerprint density at radius 1 is 1.03 bits per heavy atom. The smallest absolute Gasteiger partial charge is 0.417 e. The molecule has 0 amide bonds. The van der Waals surface area contributed by atoms with Crippen molar-refractivity contribution in [1.82, 2.24) is 0 Å². The van der Waals surface area contributed by atoms with Gasteiger partial charge in [0.25, 0.3) is 0 Å². The Hall–Kier alpha value is -3.19. The zero-order valence-electron chi connectivity index (χ0n) is 17.2. The van der Waals surface area contributed by atoms with Gasteiger partial charge in [-0.05, 0) is 53.5 Å². The summed E-state index contributed by atoms with van der Waals surface area (Å²) in [7, 11) is 0. The van der Waals surface area contributed by atoms with Crippen LogP contribution in [0.3, 0.4) is 0 Å². The predicted octanol–water partition coefficient (Wildman–Crippen LogP) is 6.70. The van der Waals surface area contributed by atoms with Crippen molar-refractivity contribution in [3.8, 4) is 5.75 Å². The number of halogens is 3. The molecule has 0 saturated carbocycles. The van der Waals surface area contributed by atoms with Gasteiger partial charge in [-0.1, -0.05) is 54.6 Å². The van der Waals surface area contributed by atoms with Crippen LogP contribution < -0.4 is 4.74 Å². The van der Waals surface area contributed by atoms with Gasteiger partial charge in [0.2, 0.25) is 0 Å². The molecule has 0 heterocycles. The van der Waals surface area contributed by atoms with Crippen molar-refractivity contribution in [3.05, 3.63) is 101 Å². The molecular weight excluding hydrogens is 437 g/mol. The predicted molar refractivity (Wildman–Crippen MR) is 120 cm³/mol. The normalized spacial score (nSPS) is 11.9. The third-order valence-corrected chi connectivity index (χ3v) is 5.74. The molecule has 166 valence electrons. The van der Waals surface area contributed by atoms with Crippen LogP contribution in [0.25, 0.3) is 5.57 Å². The minimum atomic E-state index is -4.46. The molecular formula is C25H21F3O3S. The van der Waals surface area contributed by atoms with Crippen LogP contribution in [0.2, 0.25) is 0 Å². The Bertz CT molecular complexity index is 1110. The molecule has 3 nitrogen and oxygen atoms in total. The highest BCUT2D eigenvalue weighted by Crippen LogP contribution is 2.37. The third-order valence-electron chi connectivity index (χ3n) is 4.64. The number of hydrogen-bond acceptors (Lipinski definition) is 3. The van der Waals surface area contributed by atoms with Crippen LogP contribution in [0.4, 0.5) is 13.2 Å². The second-order valence-corrected chi connectivity index (χ2v) is 8.01. The summed E-state index contributed by atoms with van der Waals surface area (Å²) in [6, 6.07) is 19.8. The summed E-state index contributed by atoms with van der Waals surface area (Å²) in [6.07, 6.45) is -2.65. The molecule has 0 bridgehead atoms. The van der Waals surface area contributed by atoms with Crippen molar-refractivity contribution < 1.29 is 27.8 Å². The van der Waals surface area contributed by atoms with E-state index in [4.69, 9.17) is 9.84 Å². The quantitative estimate of drug-likeness (QED) is 0.382. The summed E-state index contributed by atoms with van der Waals surface area (Å²) in [5, 5.41) is 8.72. The molecule has 3 aromatic carbocycles. The second kappa shape index (κ2) is 10.4. The summed E-state index contributed by atoms with van der Waals surface area (Å²) in [5.74, 6) is -0.153. The average Bonchev–Trinajstić information content (AvgIpc) is 2.76. The highest BCUT2D eigenvalue weighted by molar-refractivity contribution is 7.99. The lowest BCUT2D eigenvalue weighted by Crippen LogP contribution is -2.09. The number of thioether (sulfide) groups is 1. The van der Waals surface area contributed by atoms with E-state index in [1.807, 2.05) is 19.1 Å². The van der Waals surface area contributed by atoms with Gasteiger partial charge in [-0.15, -0.1) is 11.8 Å². The van der Waals surface area contributed by atoms with E-state index >= 15 is 0 Å². The zero-order valence-corrected chi connectivity index (χ0v) is 18.0. The molecule has 0 aliphatic rings. The molecule has 0 aromatic heterocycles. The Balaban J connectivity index is 1.87. The molecule has 0 aliphatic heterocycles. The van der Waals surface area contributed by atoms with Crippen LogP contribution >= 0.6 is 11.8 Å². The molecule has 0 fully saturated rings. The van der Waals surface area contributed by atoms with Gasteiger partial charge in [0.05, 0.1) is 5.56 Å². The van der Waals surface area contributed by atoms with E-state index in [0.717, 1.165) is 16.5 Å². The van der Waals surface area contributed by atoms with Crippen LogP contribution in [-0.2, 0) is 11.0 Å². The molecule has 3 rings (SSSR count). The average molecular weight is 459 g/mol. The number of rotatable bonds is 8. The van der Waals surface area contributed by atoms with Crippen LogP contribution in [0.5, 0.6) is 5.75 Å². The van der Waals surface area contributed by atoms with E-state index in [1.165, 1.54) is 23.9 Å². The van der Waals surface area contributed by atoms with Crippen molar-refractivity contribution in [1.29, 1.82) is 0 Å². The fraction of sp³-hybridized carbons (Fsp3) is 0.160. The number of carboxylic acid groups (broad SMARTS) is 1. The molecule has 0 saturated heterocycles. The lowest BCUT2D eigenvalue weighted by Gasteiger charge is -2.16. The van der Waals surface area contributed by atoms with Crippen molar-refractivity contribution in [2.45, 2.75) is 18.0 Å². The minimum absolute atomic E-state index is 0.140. The lowest BCUT2D eigenvalue weighted by atomic mass is 9.93. The number of hydrogen-bond donors (Lipinski definition) is 1. The molecule has 1 N–H and O–H groups in total. The topological polar surface area (TPSA) is 46.5 Å². The van der Waals surface area contributed by atoms with E-state index in [9.17, 15) is 18.0 Å². The zero-order chi connectivity index (χ0) is 23.1. The molecule has 0 unspecified atom stereocenters. The second-order valence-electron chi connectivity index (χ2n) is 6.95. The number of carboxylic acids is 1. The fourth-order valence-electron chi connectivity index (χ4n) is 3.20. The number of carbonyl (C=O) groups is 1. The van der Waals surface area contributed by atoms with Crippen LogP contribution in [0.1, 0.15) is 22.3 Å². The fourth-order valence-corrected chi connectivity index (χ4v) is 4.08. The summed E-state index contributed by atoms with van der Waals surface area (Å²) in [6.45, 7) is 1.45. The Labute approximate surface area is 188 Å². The molecule has 0 radical (unpaired) electrons. The first-order valence-corrected chi connectivity index (χ1v) is 10.7. The van der Waals surface area contributed by atoms with Crippen LogP contribution in [0, 0.1) is 6.92 Å². The van der Waals surface area contributed by atoms with Crippen molar-refractivity contribution in [2.24, 2.45) is 0 Å². The number of benzene rings is 3. The van der Waals surface area contributed by atoms with Crippen molar-refractivity contribution in [2.75, 3.05) is 12.4 Å². The summed E-state index contributed by atoms with van der Waals surface area (Å²) < 4.78 is 46.1. The standard InChI is InChI=1S/C25H21F3O3S/c1-17-15-19(31-16-24(29)30)11-12-23(17)32-14-13-20(18-7-3-2-4-8-18)21-9-5-6-10-22(21)25(26,27)28/h2-13,15H,14,16H2,1H3,(H,29,30)/b20-13-. The van der Waals surface area contributed by atoms with Crippen molar-refractivity contribution >= 4 is 23.3 Å². The summed E-state index contributed by atoms with van der Waals surface area (Å²) in [4.78, 5) is 11.6. The van der Waals surface area contributed by atoms with Gasteiger partial charge in [-0.2, -0.15) is 13.2 Å². The van der Waals surface area contributed by atoms with Gasteiger partial charge >= 0.3 is 12.1 Å². The summed E-state index contributed by atoms with van der Waals surface area (Å²) in [5.41, 5.74) is 1.59. The Kier molecular flexibility index (Phi) is 7.64. The van der Waals surface area contributed by atoms with Gasteiger partial charge < -0.3 is 9.84 Å². The molecule has 7 heteroatoms. The van der Waals surface area contributed by atoms with E-state index in [2.05, 4.69) is 0 Å². The Morgan fingerprint density at radius 2 is 1.72 bits per heavy atom. The van der Waals surface area contributed by atoms with E-state index in [0.29, 0.717) is 22.6 Å². The number of alkyl halides is 3. The van der Waals surface area contributed by atoms with Crippen LogP contribution in [-0.4, -0.2) is 23.4 Å². The first-order chi connectivity index (χ1) is 15.3. The van der Waals surface area contributed by atoms with Gasteiger partial charge in [0.15, 0.2) is 6.61 Å². The van der Waals surface area contributed by atoms with Gasteiger partial charge in [0, 0.05) is 10.6 Å². The molecule has 0 aliphatic carbocycles. The van der Waals surface area contributed by atoms with E-state index < -0.39 is 24.3 Å². The number of aliphatic carboxylic acids is 1. The molecule has 32 heavy (non-hydrogen) atoms. The van der Waals surface area contributed by atoms with Crippen molar-refractivity contribution in [3.63, 3.8) is 0 Å². The van der Waals surface area contributed by atoms with E-state index in [-0.39, 0.29) is 5.56 Å². The number of ether oxygens (including phenoxy) is 1. The maximum Gasteiger partial charge on any atom is 0.417 e. The first-order valence-electron chi connectivity index (χ1n) is 9.76. The number of aryl methyl sites for hydroxylation is 1. The third kappa shape index (κ3) is 6.17. The van der Waals surface area contributed by atoms with Gasteiger partial charge in [-0.3, -0.25) is 0 Å². The molecule has 3 aromatic rings. The van der Waals surface area contributed by atoms with E-state index in [1.54, 1.807) is 48.5 Å². The largest absolute Gasteiger partial charge is 0.482 e. The monoisotopic (exact) mass is 458 g/mol. The van der Waals surface area contributed by atoms with Gasteiger partial charge in [-0.25, -0.2) is 4.79 Å². The maximum atomic E-state index is 13.6. The summed E-state index contributed by atoms with van der Waals surface area (Å²) >= 11 is 1.48.